The minimum absolute atomic E-state index is 0.0428. The van der Waals surface area contributed by atoms with Gasteiger partial charge in [-0.15, -0.1) is 4.89 Å². The summed E-state index contributed by atoms with van der Waals surface area (Å²) in [5, 5.41) is 1.01. The summed E-state index contributed by atoms with van der Waals surface area (Å²) in [5.41, 5.74) is 2.55. The third kappa shape index (κ3) is 2.86. The Morgan fingerprint density at radius 1 is 1.26 bits per heavy atom. The van der Waals surface area contributed by atoms with E-state index in [4.69, 9.17) is 14.2 Å². The van der Waals surface area contributed by atoms with Crippen LogP contribution in [-0.2, 0) is 43.8 Å². The van der Waals surface area contributed by atoms with Crippen molar-refractivity contribution in [3.63, 3.8) is 0 Å². The van der Waals surface area contributed by atoms with Gasteiger partial charge in [0.05, 0.1) is 29.0 Å². The first-order valence-electron chi connectivity index (χ1n) is 10.1. The molecule has 0 aliphatic carbocycles. The van der Waals surface area contributed by atoms with Crippen molar-refractivity contribution in [1.82, 2.24) is 9.55 Å². The molecule has 0 saturated heterocycles. The van der Waals surface area contributed by atoms with Gasteiger partial charge in [-0.2, -0.15) is 0 Å². The number of rotatable bonds is 4. The Kier molecular flexibility index (Phi) is 4.55. The number of carbonyl (C=O) groups is 1. The Bertz CT molecular complexity index is 1350. The number of aromatic nitrogens is 2. The molecule has 0 spiro atoms. The highest BCUT2D eigenvalue weighted by Gasteiger charge is 2.54. The van der Waals surface area contributed by atoms with Crippen LogP contribution in [0, 0.1) is 0 Å². The first-order valence-corrected chi connectivity index (χ1v) is 11.2. The van der Waals surface area contributed by atoms with E-state index in [1.54, 1.807) is 17.6 Å². The molecular weight excluding hydrogens is 419 g/mol. The molecule has 158 valence electrons. The normalized spacial score (nSPS) is 19.6. The maximum atomic E-state index is 13.3. The predicted octanol–water partition coefficient (Wildman–Crippen LogP) is 3.32. The fraction of sp³-hybridized carbons (Fsp3) is 0.318. The summed E-state index contributed by atoms with van der Waals surface area (Å²) < 4.78 is 23.5. The Labute approximate surface area is 178 Å². The maximum absolute atomic E-state index is 13.3. The van der Waals surface area contributed by atoms with Gasteiger partial charge in [0.1, 0.15) is 6.61 Å². The highest BCUT2D eigenvalue weighted by Crippen LogP contribution is 2.44. The summed E-state index contributed by atoms with van der Waals surface area (Å²) in [6, 6.07) is 9.81. The van der Waals surface area contributed by atoms with Crippen molar-refractivity contribution in [2.45, 2.75) is 45.4 Å². The molecule has 5 rings (SSSR count). The van der Waals surface area contributed by atoms with Gasteiger partial charge in [-0.05, 0) is 42.7 Å². The zero-order chi connectivity index (χ0) is 21.9. The lowest BCUT2D eigenvalue weighted by Crippen LogP contribution is -2.45. The van der Waals surface area contributed by atoms with Gasteiger partial charge in [0.2, 0.25) is 5.60 Å². The van der Waals surface area contributed by atoms with Crippen LogP contribution in [0.5, 0.6) is 0 Å². The number of pyridine rings is 2. The van der Waals surface area contributed by atoms with Crippen LogP contribution < -0.4 is 5.56 Å². The molecule has 3 aromatic rings. The highest BCUT2D eigenvalue weighted by molar-refractivity contribution is 7.32. The summed E-state index contributed by atoms with van der Waals surface area (Å²) in [6.45, 7) is 3.89. The molecule has 2 aliphatic heterocycles. The topological polar surface area (TPSA) is 108 Å². The van der Waals surface area contributed by atoms with Crippen molar-refractivity contribution >= 4 is 25.1 Å². The van der Waals surface area contributed by atoms with Gasteiger partial charge in [-0.25, -0.2) is 9.78 Å². The number of carbonyl (C=O) groups excluding carboxylic acids is 1. The third-order valence-electron chi connectivity index (χ3n) is 6.18. The largest absolute Gasteiger partial charge is 0.696 e. The van der Waals surface area contributed by atoms with Gasteiger partial charge in [0.15, 0.2) is 0 Å². The number of fused-ring (bicyclic) bond motifs is 5. The zero-order valence-electron chi connectivity index (χ0n) is 17.0. The van der Waals surface area contributed by atoms with E-state index >= 15 is 0 Å². The van der Waals surface area contributed by atoms with E-state index in [0.29, 0.717) is 17.9 Å². The van der Waals surface area contributed by atoms with E-state index in [2.05, 4.69) is 13.0 Å². The Morgan fingerprint density at radius 2 is 2.06 bits per heavy atom. The molecule has 1 unspecified atom stereocenters. The van der Waals surface area contributed by atoms with Crippen molar-refractivity contribution in [2.24, 2.45) is 0 Å². The van der Waals surface area contributed by atoms with Gasteiger partial charge in [0.25, 0.3) is 5.56 Å². The minimum atomic E-state index is -3.10. The fourth-order valence-electron chi connectivity index (χ4n) is 4.53. The summed E-state index contributed by atoms with van der Waals surface area (Å²) in [6.07, 6.45) is 0.959. The van der Waals surface area contributed by atoms with Crippen LogP contribution >= 0.6 is 8.25 Å². The van der Waals surface area contributed by atoms with Gasteiger partial charge < -0.3 is 9.30 Å². The Morgan fingerprint density at radius 3 is 2.77 bits per heavy atom. The molecule has 1 N–H and O–H groups in total. The molecule has 0 amide bonds. The fourth-order valence-corrected chi connectivity index (χ4v) is 5.10. The average Bonchev–Trinajstić information content (AvgIpc) is 3.11. The van der Waals surface area contributed by atoms with Crippen molar-refractivity contribution in [3.05, 3.63) is 62.9 Å². The first-order chi connectivity index (χ1) is 14.9. The lowest BCUT2D eigenvalue weighted by molar-refractivity contribution is -0.169. The molecule has 9 heteroatoms. The number of nitrogens with zero attached hydrogens (tertiary/aromatic N) is 2. The van der Waals surface area contributed by atoms with E-state index < -0.39 is 19.8 Å². The van der Waals surface area contributed by atoms with Crippen LogP contribution in [0.3, 0.4) is 0 Å². The van der Waals surface area contributed by atoms with Crippen LogP contribution in [0.4, 0.5) is 0 Å². The van der Waals surface area contributed by atoms with E-state index in [0.717, 1.165) is 22.9 Å². The second-order valence-electron chi connectivity index (χ2n) is 7.78. The van der Waals surface area contributed by atoms with Crippen molar-refractivity contribution in [3.8, 4) is 11.4 Å². The molecular formula is C22H20N2O6P+. The molecule has 31 heavy (non-hydrogen) atoms. The number of hydrogen-bond donors (Lipinski definition) is 1. The molecule has 0 saturated carbocycles. The van der Waals surface area contributed by atoms with Crippen molar-refractivity contribution in [2.75, 3.05) is 0 Å². The highest BCUT2D eigenvalue weighted by atomic mass is 31.1. The molecule has 2 aliphatic rings. The minimum Gasteiger partial charge on any atom is -0.458 e. The molecule has 0 radical (unpaired) electrons. The molecule has 8 nitrogen and oxygen atoms in total. The van der Waals surface area contributed by atoms with Crippen LogP contribution in [0.15, 0.2) is 35.1 Å². The van der Waals surface area contributed by atoms with E-state index in [1.165, 1.54) is 5.56 Å². The number of cyclic esters (lactones) is 1. The number of benzene rings is 1. The van der Waals surface area contributed by atoms with Crippen LogP contribution in [0.1, 0.15) is 42.5 Å². The van der Waals surface area contributed by atoms with E-state index in [9.17, 15) is 19.0 Å². The van der Waals surface area contributed by atoms with Crippen molar-refractivity contribution in [1.29, 1.82) is 0 Å². The van der Waals surface area contributed by atoms with Gasteiger partial charge >= 0.3 is 14.2 Å². The van der Waals surface area contributed by atoms with Crippen LogP contribution in [-0.4, -0.2) is 20.4 Å². The number of hydrogen-bond acceptors (Lipinski definition) is 6. The molecule has 2 aromatic heterocycles. The number of aryl methyl sites for hydroxylation is 1. The molecule has 4 heterocycles. The van der Waals surface area contributed by atoms with Gasteiger partial charge in [-0.1, -0.05) is 24.4 Å². The van der Waals surface area contributed by atoms with Gasteiger partial charge in [0, 0.05) is 21.1 Å². The summed E-state index contributed by atoms with van der Waals surface area (Å²) in [4.78, 5) is 40.1. The lowest BCUT2D eigenvalue weighted by Gasteiger charge is -2.31. The lowest BCUT2D eigenvalue weighted by atomic mass is 9.86. The Balaban J connectivity index is 1.75. The smallest absolute Gasteiger partial charge is 0.458 e. The second kappa shape index (κ2) is 7.05. The maximum Gasteiger partial charge on any atom is 0.696 e. The average molecular weight is 439 g/mol. The molecule has 2 atom stereocenters. The third-order valence-corrected chi connectivity index (χ3v) is 6.65. The monoisotopic (exact) mass is 439 g/mol. The first kappa shape index (κ1) is 20.0. The van der Waals surface area contributed by atoms with Crippen molar-refractivity contribution < 1.29 is 23.5 Å². The number of esters is 1. The Hall–Kier alpha value is -2.93. The molecule has 0 bridgehead atoms. The summed E-state index contributed by atoms with van der Waals surface area (Å²) in [7, 11) is -3.10. The van der Waals surface area contributed by atoms with E-state index in [-0.39, 0.29) is 29.7 Å². The summed E-state index contributed by atoms with van der Waals surface area (Å²) >= 11 is 0. The zero-order valence-corrected chi connectivity index (χ0v) is 17.9. The quantitative estimate of drug-likeness (QED) is 0.384. The van der Waals surface area contributed by atoms with Crippen LogP contribution in [0.2, 0.25) is 0 Å². The molecule has 0 fully saturated rings. The summed E-state index contributed by atoms with van der Waals surface area (Å²) in [5.74, 6) is -0.777. The second-order valence-corrected chi connectivity index (χ2v) is 8.43. The van der Waals surface area contributed by atoms with Gasteiger partial charge in [-0.3, -0.25) is 4.79 Å². The van der Waals surface area contributed by atoms with E-state index in [1.807, 2.05) is 18.2 Å². The molecule has 1 aromatic carbocycles. The SMILES string of the molecule is CCc1ccc2nc3c(cc2c1)Cn1c-3cc2c(c1=O)COC(=O)[C@@]2(CC)O[P+](=O)O. The number of ether oxygens (including phenoxy) is 1. The standard InChI is InChI=1S/C22H19N2O6P/c1-3-12-5-6-17-13(7-12)8-14-10-24-18(19(14)23-17)9-16-15(20(24)25)11-29-21(26)22(16,4-2)30-31(27)28/h5-9H,3-4,10-11H2,1-2H3/p+1/t22-/m0/s1. The predicted molar refractivity (Wildman–Crippen MR) is 113 cm³/mol. The van der Waals surface area contributed by atoms with Crippen LogP contribution in [0.25, 0.3) is 22.3 Å².